The molecule has 0 aliphatic rings. The van der Waals surface area contributed by atoms with Gasteiger partial charge in [-0.05, 0) is 26.0 Å². The monoisotopic (exact) mass is 429 g/mol. The minimum atomic E-state index is -0.494. The minimum Gasteiger partial charge on any atom is -0.462 e. The van der Waals surface area contributed by atoms with E-state index in [1.807, 2.05) is 0 Å². The van der Waals surface area contributed by atoms with E-state index in [-0.39, 0.29) is 33.1 Å². The molecule has 0 unspecified atom stereocenters. The predicted octanol–water partition coefficient (Wildman–Crippen LogP) is 4.35. The summed E-state index contributed by atoms with van der Waals surface area (Å²) in [6.07, 6.45) is 2.59. The second-order valence-electron chi connectivity index (χ2n) is 4.60. The maximum atomic E-state index is 11.2. The van der Waals surface area contributed by atoms with E-state index in [2.05, 4.69) is 9.97 Å². The first-order valence-corrected chi connectivity index (χ1v) is 8.68. The fourth-order valence-corrected chi connectivity index (χ4v) is 2.07. The number of nitriles is 1. The predicted molar refractivity (Wildman–Crippen MR) is 100 cm³/mol. The van der Waals surface area contributed by atoms with Gasteiger partial charge in [-0.25, -0.2) is 19.6 Å². The van der Waals surface area contributed by atoms with Crippen LogP contribution in [-0.2, 0) is 9.47 Å². The number of esters is 2. The third-order valence-corrected chi connectivity index (χ3v) is 3.74. The van der Waals surface area contributed by atoms with Gasteiger partial charge in [-0.15, -0.1) is 0 Å². The van der Waals surface area contributed by atoms with Crippen LogP contribution in [0.5, 0.6) is 0 Å². The van der Waals surface area contributed by atoms with E-state index in [1.54, 1.807) is 19.9 Å². The average molecular weight is 431 g/mol. The molecular weight excluding hydrogens is 417 g/mol. The molecule has 0 spiro atoms. The van der Waals surface area contributed by atoms with Gasteiger partial charge in [0, 0.05) is 12.4 Å². The second kappa shape index (κ2) is 11.3. The molecule has 2 aromatic rings. The van der Waals surface area contributed by atoms with Crippen LogP contribution in [0.4, 0.5) is 0 Å². The highest BCUT2D eigenvalue weighted by atomic mass is 35.5. The van der Waals surface area contributed by atoms with Crippen LogP contribution in [0, 0.1) is 11.3 Å². The molecule has 27 heavy (non-hydrogen) atoms. The largest absolute Gasteiger partial charge is 0.462 e. The molecule has 0 aromatic carbocycles. The Morgan fingerprint density at radius 1 is 0.963 bits per heavy atom. The normalized spacial score (nSPS) is 9.48. The summed E-state index contributed by atoms with van der Waals surface area (Å²) in [5.41, 5.74) is 0.645. The van der Waals surface area contributed by atoms with Gasteiger partial charge in [-0.2, -0.15) is 5.26 Å². The van der Waals surface area contributed by atoms with Gasteiger partial charge in [0.1, 0.15) is 11.2 Å². The number of rotatable bonds is 4. The van der Waals surface area contributed by atoms with Crippen LogP contribution >= 0.6 is 34.8 Å². The molecule has 0 N–H and O–H groups in total. The maximum Gasteiger partial charge on any atom is 0.339 e. The maximum absolute atomic E-state index is 11.2. The molecule has 142 valence electrons. The fourth-order valence-electron chi connectivity index (χ4n) is 1.59. The van der Waals surface area contributed by atoms with Gasteiger partial charge in [0.05, 0.1) is 34.4 Å². The Kier molecular flexibility index (Phi) is 9.51. The molecule has 0 bridgehead atoms. The van der Waals surface area contributed by atoms with Gasteiger partial charge in [-0.3, -0.25) is 0 Å². The molecular formula is C17H14Cl3N3O4. The third-order valence-electron chi connectivity index (χ3n) is 2.77. The number of hydrogen-bond acceptors (Lipinski definition) is 7. The Balaban J connectivity index is 0.000000271. The van der Waals surface area contributed by atoms with Gasteiger partial charge in [-0.1, -0.05) is 34.8 Å². The Morgan fingerprint density at radius 3 is 1.85 bits per heavy atom. The van der Waals surface area contributed by atoms with E-state index in [1.165, 1.54) is 24.5 Å². The fraction of sp³-hybridized carbons (Fsp3) is 0.235. The van der Waals surface area contributed by atoms with Crippen molar-refractivity contribution in [2.75, 3.05) is 13.2 Å². The van der Waals surface area contributed by atoms with Gasteiger partial charge in [0.2, 0.25) is 0 Å². The topological polar surface area (TPSA) is 102 Å². The number of aromatic nitrogens is 2. The average Bonchev–Trinajstić information content (AvgIpc) is 2.64. The summed E-state index contributed by atoms with van der Waals surface area (Å²) in [6.45, 7) is 4.04. The van der Waals surface area contributed by atoms with Crippen molar-refractivity contribution in [3.05, 3.63) is 56.5 Å². The number of hydrogen-bond donors (Lipinski definition) is 0. The highest BCUT2D eigenvalue weighted by molar-refractivity contribution is 6.41. The zero-order valence-corrected chi connectivity index (χ0v) is 16.6. The molecule has 0 radical (unpaired) electrons. The van der Waals surface area contributed by atoms with Crippen LogP contribution in [0.3, 0.4) is 0 Å². The lowest BCUT2D eigenvalue weighted by molar-refractivity contribution is 0.0516. The van der Waals surface area contributed by atoms with Gasteiger partial charge in [0.25, 0.3) is 0 Å². The lowest BCUT2D eigenvalue weighted by atomic mass is 10.2. The number of nitrogens with zero attached hydrogens (tertiary/aromatic N) is 3. The van der Waals surface area contributed by atoms with Crippen molar-refractivity contribution in [3.8, 4) is 6.07 Å². The van der Waals surface area contributed by atoms with E-state index < -0.39 is 11.9 Å². The van der Waals surface area contributed by atoms with Crippen LogP contribution in [0.25, 0.3) is 0 Å². The van der Waals surface area contributed by atoms with E-state index in [4.69, 9.17) is 49.5 Å². The molecule has 0 aliphatic carbocycles. The minimum absolute atomic E-state index is 0.0970. The zero-order chi connectivity index (χ0) is 20.4. The zero-order valence-electron chi connectivity index (χ0n) is 14.3. The van der Waals surface area contributed by atoms with Crippen molar-refractivity contribution in [2.45, 2.75) is 13.8 Å². The van der Waals surface area contributed by atoms with E-state index in [0.717, 1.165) is 0 Å². The van der Waals surface area contributed by atoms with Crippen molar-refractivity contribution in [2.24, 2.45) is 0 Å². The summed E-state index contributed by atoms with van der Waals surface area (Å²) < 4.78 is 9.48. The standard InChI is InChI=1S/C9H7ClN2O2.C8H7Cl2NO2/c1-2-14-9(13)6-3-7(10)8(4-11)12-5-6;1-2-13-8(12)5-3-6(9)7(10)11-4-5/h3,5H,2H2,1H3;3-4H,2H2,1H3. The molecule has 2 rings (SSSR count). The third kappa shape index (κ3) is 7.02. The molecule has 10 heteroatoms. The first kappa shape index (κ1) is 22.6. The van der Waals surface area contributed by atoms with Crippen LogP contribution in [0.2, 0.25) is 15.2 Å². The number of halogens is 3. The molecule has 0 atom stereocenters. The van der Waals surface area contributed by atoms with Crippen molar-refractivity contribution in [3.63, 3.8) is 0 Å². The van der Waals surface area contributed by atoms with Gasteiger partial charge >= 0.3 is 11.9 Å². The number of pyridine rings is 2. The summed E-state index contributed by atoms with van der Waals surface area (Å²) in [6, 6.07) is 4.59. The smallest absolute Gasteiger partial charge is 0.339 e. The highest BCUT2D eigenvalue weighted by Gasteiger charge is 2.10. The van der Waals surface area contributed by atoms with Crippen LogP contribution < -0.4 is 0 Å². The molecule has 0 saturated heterocycles. The summed E-state index contributed by atoms with van der Waals surface area (Å²) >= 11 is 16.9. The number of carbonyl (C=O) groups excluding carboxylic acids is 2. The lowest BCUT2D eigenvalue weighted by Gasteiger charge is -2.01. The summed E-state index contributed by atoms with van der Waals surface area (Å²) in [7, 11) is 0. The Morgan fingerprint density at radius 2 is 1.44 bits per heavy atom. The molecule has 0 aliphatic heterocycles. The van der Waals surface area contributed by atoms with Crippen molar-refractivity contribution in [1.29, 1.82) is 5.26 Å². The van der Waals surface area contributed by atoms with Crippen LogP contribution in [0.1, 0.15) is 40.3 Å². The van der Waals surface area contributed by atoms with Gasteiger partial charge < -0.3 is 9.47 Å². The molecule has 2 heterocycles. The first-order chi connectivity index (χ1) is 12.8. The molecule has 0 saturated carbocycles. The quantitative estimate of drug-likeness (QED) is 0.525. The lowest BCUT2D eigenvalue weighted by Crippen LogP contribution is -2.05. The van der Waals surface area contributed by atoms with Gasteiger partial charge in [0.15, 0.2) is 5.69 Å². The van der Waals surface area contributed by atoms with Crippen molar-refractivity contribution in [1.82, 2.24) is 9.97 Å². The van der Waals surface area contributed by atoms with Crippen LogP contribution in [0.15, 0.2) is 24.5 Å². The van der Waals surface area contributed by atoms with Crippen LogP contribution in [-0.4, -0.2) is 35.1 Å². The van der Waals surface area contributed by atoms with E-state index in [9.17, 15) is 9.59 Å². The van der Waals surface area contributed by atoms with E-state index in [0.29, 0.717) is 12.2 Å². The highest BCUT2D eigenvalue weighted by Crippen LogP contribution is 2.20. The van der Waals surface area contributed by atoms with E-state index >= 15 is 0 Å². The molecule has 7 nitrogen and oxygen atoms in total. The number of carbonyl (C=O) groups is 2. The summed E-state index contributed by atoms with van der Waals surface area (Å²) in [5.74, 6) is -0.944. The second-order valence-corrected chi connectivity index (χ2v) is 5.78. The molecule has 0 fully saturated rings. The molecule has 0 amide bonds. The Labute approximate surface area is 170 Å². The number of ether oxygens (including phenoxy) is 2. The summed E-state index contributed by atoms with van der Waals surface area (Å²) in [5, 5.41) is 9.11. The first-order valence-electron chi connectivity index (χ1n) is 7.54. The Hall–Kier alpha value is -2.40. The Bertz CT molecular complexity index is 869. The molecule has 2 aromatic heterocycles. The SMILES string of the molecule is CCOC(=O)c1cnc(C#N)c(Cl)c1.CCOC(=O)c1cnc(Cl)c(Cl)c1. The van der Waals surface area contributed by atoms with Crippen molar-refractivity contribution >= 4 is 46.7 Å². The van der Waals surface area contributed by atoms with Crippen molar-refractivity contribution < 1.29 is 19.1 Å². The summed E-state index contributed by atoms with van der Waals surface area (Å²) in [4.78, 5) is 29.8.